The topological polar surface area (TPSA) is 50.4 Å². The van der Waals surface area contributed by atoms with Crippen molar-refractivity contribution in [2.24, 2.45) is 0 Å². The molecule has 20 heavy (non-hydrogen) atoms. The highest BCUT2D eigenvalue weighted by Gasteiger charge is 2.20. The molecule has 4 nitrogen and oxygen atoms in total. The molecule has 0 radical (unpaired) electrons. The average Bonchev–Trinajstić information content (AvgIpc) is 2.34. The van der Waals surface area contributed by atoms with Crippen molar-refractivity contribution in [2.75, 3.05) is 6.54 Å². The molecule has 112 valence electrons. The van der Waals surface area contributed by atoms with Gasteiger partial charge in [0.1, 0.15) is 5.75 Å². The van der Waals surface area contributed by atoms with Gasteiger partial charge >= 0.3 is 0 Å². The molecule has 0 spiro atoms. The molecule has 0 saturated carbocycles. The summed E-state index contributed by atoms with van der Waals surface area (Å²) < 4.78 is 5.70. The zero-order valence-corrected chi connectivity index (χ0v) is 13.1. The predicted octanol–water partition coefficient (Wildman–Crippen LogP) is 2.48. The minimum Gasteiger partial charge on any atom is -0.481 e. The number of hydrogen-bond donors (Lipinski definition) is 2. The first-order chi connectivity index (χ1) is 9.31. The zero-order valence-electron chi connectivity index (χ0n) is 13.1. The quantitative estimate of drug-likeness (QED) is 0.840. The van der Waals surface area contributed by atoms with E-state index in [-0.39, 0.29) is 11.4 Å². The number of rotatable bonds is 6. The Labute approximate surface area is 121 Å². The van der Waals surface area contributed by atoms with Crippen LogP contribution in [-0.4, -0.2) is 24.1 Å². The van der Waals surface area contributed by atoms with Gasteiger partial charge < -0.3 is 15.4 Å². The molecule has 1 rings (SSSR count). The lowest BCUT2D eigenvalue weighted by atomic mass is 10.1. The highest BCUT2D eigenvalue weighted by Crippen LogP contribution is 2.15. The van der Waals surface area contributed by atoms with Crippen LogP contribution in [0.15, 0.2) is 24.3 Å². The van der Waals surface area contributed by atoms with Crippen LogP contribution in [0.3, 0.4) is 0 Å². The second kappa shape index (κ2) is 7.29. The summed E-state index contributed by atoms with van der Waals surface area (Å²) in [5.74, 6) is 0.617. The summed E-state index contributed by atoms with van der Waals surface area (Å²) in [4.78, 5) is 12.0. The van der Waals surface area contributed by atoms with E-state index in [1.807, 2.05) is 45.0 Å². The standard InChI is InChI=1S/C16H26N2O2/c1-6-17-11-13-8-7-9-14(10-13)20-12(2)15(19)18-16(3,4)5/h7-10,12,17H,6,11H2,1-5H3,(H,18,19). The van der Waals surface area contributed by atoms with Gasteiger partial charge in [-0.3, -0.25) is 4.79 Å². The molecule has 0 fully saturated rings. The fourth-order valence-electron chi connectivity index (χ4n) is 1.73. The summed E-state index contributed by atoms with van der Waals surface area (Å²) in [7, 11) is 0. The van der Waals surface area contributed by atoms with Crippen LogP contribution in [0.4, 0.5) is 0 Å². The average molecular weight is 278 g/mol. The summed E-state index contributed by atoms with van der Waals surface area (Å²) in [6.07, 6.45) is -0.511. The van der Waals surface area contributed by atoms with Crippen LogP contribution in [0.1, 0.15) is 40.2 Å². The molecular formula is C16H26N2O2. The van der Waals surface area contributed by atoms with Crippen molar-refractivity contribution in [1.29, 1.82) is 0 Å². The lowest BCUT2D eigenvalue weighted by molar-refractivity contribution is -0.128. The van der Waals surface area contributed by atoms with E-state index in [1.54, 1.807) is 6.92 Å². The SMILES string of the molecule is CCNCc1cccc(OC(C)C(=O)NC(C)(C)C)c1. The molecule has 1 aromatic carbocycles. The Hall–Kier alpha value is -1.55. The number of hydrogen-bond acceptors (Lipinski definition) is 3. The van der Waals surface area contributed by atoms with Crippen molar-refractivity contribution < 1.29 is 9.53 Å². The third-order valence-electron chi connectivity index (χ3n) is 2.66. The van der Waals surface area contributed by atoms with Crippen molar-refractivity contribution in [2.45, 2.75) is 52.8 Å². The second-order valence-electron chi connectivity index (χ2n) is 5.93. The Morgan fingerprint density at radius 3 is 2.65 bits per heavy atom. The molecular weight excluding hydrogens is 252 g/mol. The number of carbonyl (C=O) groups excluding carboxylic acids is 1. The van der Waals surface area contributed by atoms with Crippen LogP contribution in [0, 0.1) is 0 Å². The molecule has 1 unspecified atom stereocenters. The van der Waals surface area contributed by atoms with Gasteiger partial charge in [-0.2, -0.15) is 0 Å². The molecule has 0 aliphatic heterocycles. The Balaban J connectivity index is 2.61. The second-order valence-corrected chi connectivity index (χ2v) is 5.93. The third kappa shape index (κ3) is 6.06. The van der Waals surface area contributed by atoms with Crippen LogP contribution in [0.2, 0.25) is 0 Å². The summed E-state index contributed by atoms with van der Waals surface area (Å²) in [5.41, 5.74) is 0.898. The van der Waals surface area contributed by atoms with Crippen molar-refractivity contribution >= 4 is 5.91 Å². The summed E-state index contributed by atoms with van der Waals surface area (Å²) in [5, 5.41) is 6.18. The van der Waals surface area contributed by atoms with E-state index in [2.05, 4.69) is 17.6 Å². The maximum absolute atomic E-state index is 12.0. The Bertz CT molecular complexity index is 438. The number of ether oxygens (including phenoxy) is 1. The fourth-order valence-corrected chi connectivity index (χ4v) is 1.73. The molecule has 0 aromatic heterocycles. The maximum atomic E-state index is 12.0. The molecule has 0 aliphatic carbocycles. The summed E-state index contributed by atoms with van der Waals surface area (Å²) in [6.45, 7) is 11.4. The van der Waals surface area contributed by atoms with Gasteiger partial charge in [-0.05, 0) is 51.9 Å². The summed E-state index contributed by atoms with van der Waals surface area (Å²) >= 11 is 0. The smallest absolute Gasteiger partial charge is 0.261 e. The van der Waals surface area contributed by atoms with Gasteiger partial charge in [0.05, 0.1) is 0 Å². The zero-order chi connectivity index (χ0) is 15.2. The summed E-state index contributed by atoms with van der Waals surface area (Å²) in [6, 6.07) is 7.81. The van der Waals surface area contributed by atoms with Gasteiger partial charge in [0, 0.05) is 12.1 Å². The lowest BCUT2D eigenvalue weighted by Gasteiger charge is -2.23. The van der Waals surface area contributed by atoms with Crippen LogP contribution < -0.4 is 15.4 Å². The highest BCUT2D eigenvalue weighted by atomic mass is 16.5. The minimum atomic E-state index is -0.511. The van der Waals surface area contributed by atoms with Crippen LogP contribution in [-0.2, 0) is 11.3 Å². The molecule has 2 N–H and O–H groups in total. The van der Waals surface area contributed by atoms with E-state index < -0.39 is 6.10 Å². The highest BCUT2D eigenvalue weighted by molar-refractivity contribution is 5.81. The first kappa shape index (κ1) is 16.5. The fraction of sp³-hybridized carbons (Fsp3) is 0.562. The lowest BCUT2D eigenvalue weighted by Crippen LogP contribution is -2.46. The first-order valence-electron chi connectivity index (χ1n) is 7.10. The Kier molecular flexibility index (Phi) is 6.02. The van der Waals surface area contributed by atoms with Gasteiger partial charge in [0.15, 0.2) is 6.10 Å². The van der Waals surface area contributed by atoms with Crippen LogP contribution in [0.25, 0.3) is 0 Å². The third-order valence-corrected chi connectivity index (χ3v) is 2.66. The molecule has 1 atom stereocenters. The van der Waals surface area contributed by atoms with E-state index >= 15 is 0 Å². The Morgan fingerprint density at radius 2 is 2.05 bits per heavy atom. The van der Waals surface area contributed by atoms with E-state index in [1.165, 1.54) is 0 Å². The minimum absolute atomic E-state index is 0.102. The van der Waals surface area contributed by atoms with Gasteiger partial charge in [-0.15, -0.1) is 0 Å². The van der Waals surface area contributed by atoms with Crippen LogP contribution >= 0.6 is 0 Å². The molecule has 0 aliphatic rings. The van der Waals surface area contributed by atoms with Crippen molar-refractivity contribution in [3.63, 3.8) is 0 Å². The van der Waals surface area contributed by atoms with Gasteiger partial charge in [0.25, 0.3) is 5.91 Å². The first-order valence-corrected chi connectivity index (χ1v) is 7.10. The maximum Gasteiger partial charge on any atom is 0.261 e. The number of nitrogens with one attached hydrogen (secondary N) is 2. The van der Waals surface area contributed by atoms with E-state index in [0.29, 0.717) is 0 Å². The molecule has 1 aromatic rings. The molecule has 0 saturated heterocycles. The molecule has 1 amide bonds. The number of amides is 1. The van der Waals surface area contributed by atoms with Gasteiger partial charge in [-0.25, -0.2) is 0 Å². The van der Waals surface area contributed by atoms with Crippen molar-refractivity contribution in [3.05, 3.63) is 29.8 Å². The van der Waals surface area contributed by atoms with Crippen LogP contribution in [0.5, 0.6) is 5.75 Å². The molecule has 4 heteroatoms. The van der Waals surface area contributed by atoms with Crippen molar-refractivity contribution in [1.82, 2.24) is 10.6 Å². The largest absolute Gasteiger partial charge is 0.481 e. The number of benzene rings is 1. The molecule has 0 bridgehead atoms. The van der Waals surface area contributed by atoms with Gasteiger partial charge in [0.2, 0.25) is 0 Å². The molecule has 0 heterocycles. The predicted molar refractivity (Wildman–Crippen MR) is 81.8 cm³/mol. The van der Waals surface area contributed by atoms with E-state index in [4.69, 9.17) is 4.74 Å². The monoisotopic (exact) mass is 278 g/mol. The Morgan fingerprint density at radius 1 is 1.35 bits per heavy atom. The normalized spacial score (nSPS) is 12.8. The van der Waals surface area contributed by atoms with E-state index in [9.17, 15) is 4.79 Å². The van der Waals surface area contributed by atoms with E-state index in [0.717, 1.165) is 24.4 Å². The van der Waals surface area contributed by atoms with Gasteiger partial charge in [-0.1, -0.05) is 19.1 Å². The number of carbonyl (C=O) groups is 1. The van der Waals surface area contributed by atoms with Crippen molar-refractivity contribution in [3.8, 4) is 5.75 Å².